The number of rotatable bonds is 4. The van der Waals surface area contributed by atoms with Crippen molar-refractivity contribution < 1.29 is 10.2 Å². The Balaban J connectivity index is 2.31. The predicted molar refractivity (Wildman–Crippen MR) is 43.1 cm³/mol. The Labute approximate surface area is 67.6 Å². The van der Waals surface area contributed by atoms with Crippen molar-refractivity contribution in [3.8, 4) is 0 Å². The van der Waals surface area contributed by atoms with Crippen molar-refractivity contribution in [3.05, 3.63) is 0 Å². The zero-order valence-corrected chi connectivity index (χ0v) is 7.03. The van der Waals surface area contributed by atoms with Crippen LogP contribution in [0.15, 0.2) is 0 Å². The number of aliphatic hydroxyl groups is 2. The van der Waals surface area contributed by atoms with Crippen LogP contribution < -0.4 is 0 Å². The van der Waals surface area contributed by atoms with Gasteiger partial charge in [-0.1, -0.05) is 6.42 Å². The molecule has 1 atom stereocenters. The van der Waals surface area contributed by atoms with Crippen LogP contribution in [-0.4, -0.2) is 40.5 Å². The highest BCUT2D eigenvalue weighted by Gasteiger charge is 2.26. The molecule has 0 aromatic heterocycles. The molecule has 0 amide bonds. The average Bonchev–Trinajstić information content (AvgIpc) is 1.82. The molecule has 0 aromatic carbocycles. The quantitative estimate of drug-likeness (QED) is 0.575. The molecule has 0 saturated heterocycles. The zero-order valence-electron chi connectivity index (χ0n) is 7.03. The van der Waals surface area contributed by atoms with Gasteiger partial charge in [-0.25, -0.2) is 0 Å². The van der Waals surface area contributed by atoms with Crippen LogP contribution in [0.4, 0.5) is 0 Å². The summed E-state index contributed by atoms with van der Waals surface area (Å²) < 4.78 is 0. The second-order valence-electron chi connectivity index (χ2n) is 3.18. The van der Waals surface area contributed by atoms with Crippen molar-refractivity contribution in [1.82, 2.24) is 4.90 Å². The van der Waals surface area contributed by atoms with Gasteiger partial charge >= 0.3 is 0 Å². The smallest absolute Gasteiger partial charge is 0.104 e. The maximum Gasteiger partial charge on any atom is 0.104 e. The van der Waals surface area contributed by atoms with E-state index in [1.54, 1.807) is 6.92 Å². The maximum atomic E-state index is 9.29. The number of aliphatic hydroxyl groups excluding tert-OH is 2. The van der Waals surface area contributed by atoms with Crippen LogP contribution in [0.3, 0.4) is 0 Å². The molecule has 0 radical (unpaired) electrons. The van der Waals surface area contributed by atoms with Gasteiger partial charge in [0.15, 0.2) is 0 Å². The molecule has 1 rings (SSSR count). The van der Waals surface area contributed by atoms with Crippen molar-refractivity contribution in [2.75, 3.05) is 13.2 Å². The van der Waals surface area contributed by atoms with Gasteiger partial charge in [0, 0.05) is 12.6 Å². The molecule has 1 saturated carbocycles. The molecule has 3 heteroatoms. The first kappa shape index (κ1) is 8.97. The van der Waals surface area contributed by atoms with E-state index in [9.17, 15) is 5.11 Å². The fourth-order valence-corrected chi connectivity index (χ4v) is 1.51. The normalized spacial score (nSPS) is 21.8. The molecule has 0 aliphatic heterocycles. The Bertz CT molecular complexity index is 113. The van der Waals surface area contributed by atoms with Crippen LogP contribution in [0, 0.1) is 0 Å². The van der Waals surface area contributed by atoms with Crippen molar-refractivity contribution in [3.63, 3.8) is 0 Å². The molecule has 0 spiro atoms. The lowest BCUT2D eigenvalue weighted by Crippen LogP contribution is -2.46. The molecule has 0 heterocycles. The van der Waals surface area contributed by atoms with Gasteiger partial charge in [0.05, 0.1) is 6.61 Å². The largest absolute Gasteiger partial charge is 0.395 e. The first-order valence-electron chi connectivity index (χ1n) is 4.30. The summed E-state index contributed by atoms with van der Waals surface area (Å²) in [6.07, 6.45) is 3.20. The molecule has 66 valence electrons. The molecule has 1 aliphatic carbocycles. The van der Waals surface area contributed by atoms with E-state index in [0.717, 1.165) is 0 Å². The lowest BCUT2D eigenvalue weighted by molar-refractivity contribution is -0.0419. The topological polar surface area (TPSA) is 43.7 Å². The van der Waals surface area contributed by atoms with Crippen LogP contribution in [0.1, 0.15) is 26.2 Å². The summed E-state index contributed by atoms with van der Waals surface area (Å²) in [6, 6.07) is 0.516. The van der Waals surface area contributed by atoms with Gasteiger partial charge < -0.3 is 10.2 Å². The zero-order chi connectivity index (χ0) is 8.27. The predicted octanol–water partition coefficient (Wildman–Crippen LogP) is 0.171. The minimum Gasteiger partial charge on any atom is -0.395 e. The second kappa shape index (κ2) is 4.04. The van der Waals surface area contributed by atoms with Gasteiger partial charge in [-0.3, -0.25) is 4.90 Å². The highest BCUT2D eigenvalue weighted by atomic mass is 16.3. The van der Waals surface area contributed by atoms with Crippen LogP contribution in [0.5, 0.6) is 0 Å². The van der Waals surface area contributed by atoms with Crippen molar-refractivity contribution in [1.29, 1.82) is 0 Å². The Kier molecular flexibility index (Phi) is 3.30. The average molecular weight is 159 g/mol. The number of hydrogen-bond acceptors (Lipinski definition) is 3. The lowest BCUT2D eigenvalue weighted by Gasteiger charge is -2.38. The summed E-state index contributed by atoms with van der Waals surface area (Å²) >= 11 is 0. The van der Waals surface area contributed by atoms with E-state index in [1.165, 1.54) is 19.3 Å². The first-order valence-corrected chi connectivity index (χ1v) is 4.30. The first-order chi connectivity index (χ1) is 5.25. The molecule has 0 aromatic rings. The molecule has 2 N–H and O–H groups in total. The highest BCUT2D eigenvalue weighted by Crippen LogP contribution is 2.25. The fourth-order valence-electron chi connectivity index (χ4n) is 1.51. The summed E-state index contributed by atoms with van der Waals surface area (Å²) in [4.78, 5) is 1.96. The number of nitrogens with zero attached hydrogens (tertiary/aromatic N) is 1. The summed E-state index contributed by atoms with van der Waals surface area (Å²) in [6.45, 7) is 2.50. The van der Waals surface area contributed by atoms with Crippen LogP contribution in [-0.2, 0) is 0 Å². The molecule has 1 fully saturated rings. The van der Waals surface area contributed by atoms with Crippen LogP contribution in [0.25, 0.3) is 0 Å². The number of hydrogen-bond donors (Lipinski definition) is 2. The summed E-state index contributed by atoms with van der Waals surface area (Å²) in [5.74, 6) is 0. The van der Waals surface area contributed by atoms with Gasteiger partial charge in [0.25, 0.3) is 0 Å². The SMILES string of the molecule is CC(O)N(CCO)C1CCC1. The minimum absolute atomic E-state index is 0.140. The Morgan fingerprint density at radius 2 is 2.18 bits per heavy atom. The van der Waals surface area contributed by atoms with E-state index in [2.05, 4.69) is 0 Å². The minimum atomic E-state index is -0.410. The molecule has 1 unspecified atom stereocenters. The molecule has 11 heavy (non-hydrogen) atoms. The summed E-state index contributed by atoms with van der Waals surface area (Å²) in [5, 5.41) is 18.0. The second-order valence-corrected chi connectivity index (χ2v) is 3.18. The van der Waals surface area contributed by atoms with Crippen molar-refractivity contribution in [2.24, 2.45) is 0 Å². The Hall–Kier alpha value is -0.120. The van der Waals surface area contributed by atoms with Gasteiger partial charge in [0.1, 0.15) is 6.23 Å². The van der Waals surface area contributed by atoms with Crippen molar-refractivity contribution >= 4 is 0 Å². The lowest BCUT2D eigenvalue weighted by atomic mass is 9.91. The monoisotopic (exact) mass is 159 g/mol. The third-order valence-corrected chi connectivity index (χ3v) is 2.38. The van der Waals surface area contributed by atoms with E-state index in [0.29, 0.717) is 12.6 Å². The van der Waals surface area contributed by atoms with Gasteiger partial charge in [-0.15, -0.1) is 0 Å². The molecular formula is C8H17NO2. The van der Waals surface area contributed by atoms with Gasteiger partial charge in [0.2, 0.25) is 0 Å². The highest BCUT2D eigenvalue weighted by molar-refractivity contribution is 4.80. The Morgan fingerprint density at radius 1 is 1.55 bits per heavy atom. The van der Waals surface area contributed by atoms with Gasteiger partial charge in [-0.2, -0.15) is 0 Å². The van der Waals surface area contributed by atoms with E-state index in [-0.39, 0.29) is 6.61 Å². The molecule has 3 nitrogen and oxygen atoms in total. The van der Waals surface area contributed by atoms with Crippen molar-refractivity contribution in [2.45, 2.75) is 38.5 Å². The molecule has 1 aliphatic rings. The van der Waals surface area contributed by atoms with Crippen LogP contribution >= 0.6 is 0 Å². The molecule has 0 bridgehead atoms. The van der Waals surface area contributed by atoms with E-state index < -0.39 is 6.23 Å². The van der Waals surface area contributed by atoms with Gasteiger partial charge in [-0.05, 0) is 19.8 Å². The third-order valence-electron chi connectivity index (χ3n) is 2.38. The third kappa shape index (κ3) is 2.15. The Morgan fingerprint density at radius 3 is 2.45 bits per heavy atom. The van der Waals surface area contributed by atoms with E-state index in [1.807, 2.05) is 4.90 Å². The van der Waals surface area contributed by atoms with Crippen LogP contribution in [0.2, 0.25) is 0 Å². The van der Waals surface area contributed by atoms with E-state index >= 15 is 0 Å². The maximum absolute atomic E-state index is 9.29. The van der Waals surface area contributed by atoms with E-state index in [4.69, 9.17) is 5.11 Å². The summed E-state index contributed by atoms with van der Waals surface area (Å²) in [7, 11) is 0. The standard InChI is InChI=1S/C8H17NO2/c1-7(11)9(5-6-10)8-3-2-4-8/h7-8,10-11H,2-6H2,1H3. The summed E-state index contributed by atoms with van der Waals surface area (Å²) in [5.41, 5.74) is 0. The molecular weight excluding hydrogens is 142 g/mol. The fraction of sp³-hybridized carbons (Fsp3) is 1.00.